The Morgan fingerprint density at radius 3 is 2.41 bits per heavy atom. The fraction of sp³-hybridized carbons (Fsp3) is 0.278. The van der Waals surface area contributed by atoms with Crippen LogP contribution in [0.4, 0.5) is 4.39 Å². The second kappa shape index (κ2) is 9.68. The molecule has 2 rings (SSSR count). The van der Waals surface area contributed by atoms with Crippen LogP contribution >= 0.6 is 11.6 Å². The highest BCUT2D eigenvalue weighted by Crippen LogP contribution is 2.15. The Morgan fingerprint density at radius 2 is 1.78 bits per heavy atom. The van der Waals surface area contributed by atoms with Crippen LogP contribution < -0.4 is 9.46 Å². The molecule has 0 saturated carbocycles. The second-order valence-corrected chi connectivity index (χ2v) is 7.92. The van der Waals surface area contributed by atoms with Crippen molar-refractivity contribution in [3.8, 4) is 5.75 Å². The minimum absolute atomic E-state index is 0.00211. The van der Waals surface area contributed by atoms with Gasteiger partial charge in [-0.3, -0.25) is 4.79 Å². The monoisotopic (exact) mass is 414 g/mol. The maximum Gasteiger partial charge on any atom is 0.240 e. The van der Waals surface area contributed by atoms with Crippen LogP contribution in [0.25, 0.3) is 0 Å². The van der Waals surface area contributed by atoms with Crippen LogP contribution in [0.1, 0.15) is 6.42 Å². The summed E-state index contributed by atoms with van der Waals surface area (Å²) in [5.41, 5.74) is 0. The number of amides is 1. The molecule has 2 aromatic rings. The lowest BCUT2D eigenvalue weighted by atomic mass is 10.3. The number of carbonyl (C=O) groups excluding carboxylic acids is 1. The SMILES string of the molecule is CN(CCOc1ccc(Cl)cc1)C(=O)CCNS(=O)(=O)c1ccc(F)cc1. The fourth-order valence-corrected chi connectivity index (χ4v) is 3.29. The summed E-state index contributed by atoms with van der Waals surface area (Å²) in [5.74, 6) is -0.101. The maximum absolute atomic E-state index is 12.9. The fourth-order valence-electron chi connectivity index (χ4n) is 2.14. The number of ether oxygens (including phenoxy) is 1. The maximum atomic E-state index is 12.9. The van der Waals surface area contributed by atoms with E-state index in [9.17, 15) is 17.6 Å². The van der Waals surface area contributed by atoms with E-state index in [0.29, 0.717) is 23.9 Å². The Hall–Kier alpha value is -2.16. The van der Waals surface area contributed by atoms with E-state index in [4.69, 9.17) is 16.3 Å². The molecular formula is C18H20ClFN2O4S. The van der Waals surface area contributed by atoms with Crippen molar-refractivity contribution < 1.29 is 22.3 Å². The molecule has 0 atom stereocenters. The van der Waals surface area contributed by atoms with Gasteiger partial charge in [0.2, 0.25) is 15.9 Å². The molecule has 0 heterocycles. The number of hydrogen-bond acceptors (Lipinski definition) is 4. The first kappa shape index (κ1) is 21.1. The van der Waals surface area contributed by atoms with Crippen molar-refractivity contribution in [3.05, 3.63) is 59.4 Å². The summed E-state index contributed by atoms with van der Waals surface area (Å²) in [7, 11) is -2.16. The van der Waals surface area contributed by atoms with E-state index >= 15 is 0 Å². The van der Waals surface area contributed by atoms with E-state index in [-0.39, 0.29) is 23.8 Å². The summed E-state index contributed by atoms with van der Waals surface area (Å²) in [6.07, 6.45) is -0.00211. The molecule has 0 aliphatic heterocycles. The molecule has 0 radical (unpaired) electrons. The third-order valence-corrected chi connectivity index (χ3v) is 5.42. The molecule has 0 saturated heterocycles. The van der Waals surface area contributed by atoms with Gasteiger partial charge >= 0.3 is 0 Å². The van der Waals surface area contributed by atoms with E-state index in [1.54, 1.807) is 31.3 Å². The number of rotatable bonds is 9. The van der Waals surface area contributed by atoms with Gasteiger partial charge in [-0.25, -0.2) is 17.5 Å². The molecule has 0 bridgehead atoms. The van der Waals surface area contributed by atoms with E-state index in [0.717, 1.165) is 12.1 Å². The number of hydrogen-bond donors (Lipinski definition) is 1. The molecule has 0 aromatic heterocycles. The third kappa shape index (κ3) is 6.82. The molecule has 0 fully saturated rings. The van der Waals surface area contributed by atoms with E-state index in [1.165, 1.54) is 17.0 Å². The van der Waals surface area contributed by atoms with Gasteiger partial charge in [-0.2, -0.15) is 0 Å². The Bertz CT molecular complexity index is 858. The first-order valence-electron chi connectivity index (χ1n) is 8.15. The standard InChI is InChI=1S/C18H20ClFN2O4S/c1-22(12-13-26-16-6-2-14(19)3-7-16)18(23)10-11-21-27(24,25)17-8-4-15(20)5-9-17/h2-9,21H,10-13H2,1H3. The van der Waals surface area contributed by atoms with E-state index in [1.807, 2.05) is 0 Å². The summed E-state index contributed by atoms with van der Waals surface area (Å²) < 4.78 is 44.8. The van der Waals surface area contributed by atoms with Crippen molar-refractivity contribution >= 4 is 27.5 Å². The number of carbonyl (C=O) groups is 1. The normalized spacial score (nSPS) is 11.2. The zero-order valence-corrected chi connectivity index (χ0v) is 16.3. The predicted molar refractivity (Wildman–Crippen MR) is 101 cm³/mol. The second-order valence-electron chi connectivity index (χ2n) is 5.72. The lowest BCUT2D eigenvalue weighted by molar-refractivity contribution is -0.130. The van der Waals surface area contributed by atoms with Gasteiger partial charge in [0, 0.05) is 25.0 Å². The summed E-state index contributed by atoms with van der Waals surface area (Å²) in [4.78, 5) is 13.5. The van der Waals surface area contributed by atoms with Gasteiger partial charge in [0.15, 0.2) is 0 Å². The van der Waals surface area contributed by atoms with Crippen LogP contribution in [-0.4, -0.2) is 46.0 Å². The van der Waals surface area contributed by atoms with E-state index in [2.05, 4.69) is 4.72 Å². The van der Waals surface area contributed by atoms with Gasteiger partial charge < -0.3 is 9.64 Å². The minimum atomic E-state index is -3.78. The Labute approximate surface area is 162 Å². The number of benzene rings is 2. The van der Waals surface area contributed by atoms with Crippen molar-refractivity contribution in [2.75, 3.05) is 26.7 Å². The third-order valence-electron chi connectivity index (χ3n) is 3.69. The van der Waals surface area contributed by atoms with Crippen LogP contribution in [0, 0.1) is 5.82 Å². The summed E-state index contributed by atoms with van der Waals surface area (Å²) in [6, 6.07) is 11.3. The molecule has 146 valence electrons. The van der Waals surface area contributed by atoms with Crippen molar-refractivity contribution in [1.29, 1.82) is 0 Å². The van der Waals surface area contributed by atoms with Gasteiger partial charge in [-0.15, -0.1) is 0 Å². The van der Waals surface area contributed by atoms with Crippen LogP contribution in [0.2, 0.25) is 5.02 Å². The smallest absolute Gasteiger partial charge is 0.240 e. The van der Waals surface area contributed by atoms with Crippen LogP contribution in [0.5, 0.6) is 5.75 Å². The molecule has 0 spiro atoms. The Morgan fingerprint density at radius 1 is 1.15 bits per heavy atom. The zero-order chi connectivity index (χ0) is 19.9. The lowest BCUT2D eigenvalue weighted by Gasteiger charge is -2.17. The minimum Gasteiger partial charge on any atom is -0.492 e. The molecule has 0 aliphatic carbocycles. The lowest BCUT2D eigenvalue weighted by Crippen LogP contribution is -2.34. The molecule has 27 heavy (non-hydrogen) atoms. The molecule has 1 amide bonds. The molecular weight excluding hydrogens is 395 g/mol. The number of halogens is 2. The molecule has 6 nitrogen and oxygen atoms in total. The van der Waals surface area contributed by atoms with Crippen LogP contribution in [0.3, 0.4) is 0 Å². The van der Waals surface area contributed by atoms with Crippen LogP contribution in [-0.2, 0) is 14.8 Å². The van der Waals surface area contributed by atoms with Crippen molar-refractivity contribution in [1.82, 2.24) is 9.62 Å². The van der Waals surface area contributed by atoms with Gasteiger partial charge in [0.25, 0.3) is 0 Å². The quantitative estimate of drug-likeness (QED) is 0.684. The number of nitrogens with zero attached hydrogens (tertiary/aromatic N) is 1. The Kier molecular flexibility index (Phi) is 7.58. The molecule has 1 N–H and O–H groups in total. The first-order valence-corrected chi connectivity index (χ1v) is 10.0. The van der Waals surface area contributed by atoms with Crippen molar-refractivity contribution in [2.24, 2.45) is 0 Å². The summed E-state index contributed by atoms with van der Waals surface area (Å²) in [5, 5.41) is 0.609. The highest BCUT2D eigenvalue weighted by Gasteiger charge is 2.15. The molecule has 2 aromatic carbocycles. The van der Waals surface area contributed by atoms with Gasteiger partial charge in [0.1, 0.15) is 18.2 Å². The van der Waals surface area contributed by atoms with E-state index < -0.39 is 15.8 Å². The number of likely N-dealkylation sites (N-methyl/N-ethyl adjacent to an activating group) is 1. The average Bonchev–Trinajstić information content (AvgIpc) is 2.63. The number of sulfonamides is 1. The van der Waals surface area contributed by atoms with Gasteiger partial charge in [-0.1, -0.05) is 11.6 Å². The molecule has 9 heteroatoms. The zero-order valence-electron chi connectivity index (χ0n) is 14.7. The summed E-state index contributed by atoms with van der Waals surface area (Å²) in [6.45, 7) is 0.596. The largest absolute Gasteiger partial charge is 0.492 e. The first-order chi connectivity index (χ1) is 12.8. The topological polar surface area (TPSA) is 75.7 Å². The Balaban J connectivity index is 1.72. The van der Waals surface area contributed by atoms with Crippen LogP contribution in [0.15, 0.2) is 53.4 Å². The number of nitrogens with one attached hydrogen (secondary N) is 1. The van der Waals surface area contributed by atoms with Crippen molar-refractivity contribution in [2.45, 2.75) is 11.3 Å². The highest BCUT2D eigenvalue weighted by molar-refractivity contribution is 7.89. The highest BCUT2D eigenvalue weighted by atomic mass is 35.5. The van der Waals surface area contributed by atoms with Crippen molar-refractivity contribution in [3.63, 3.8) is 0 Å². The predicted octanol–water partition coefficient (Wildman–Crippen LogP) is 2.68. The average molecular weight is 415 g/mol. The summed E-state index contributed by atoms with van der Waals surface area (Å²) >= 11 is 5.79. The van der Waals surface area contributed by atoms with Gasteiger partial charge in [-0.05, 0) is 48.5 Å². The molecule has 0 aliphatic rings. The molecule has 0 unspecified atom stereocenters. The van der Waals surface area contributed by atoms with Gasteiger partial charge in [0.05, 0.1) is 11.4 Å².